The number of hydrogen-bond donors (Lipinski definition) is 0. The quantitative estimate of drug-likeness (QED) is 0.334. The van der Waals surface area contributed by atoms with Crippen LogP contribution in [-0.2, 0) is 4.74 Å². The summed E-state index contributed by atoms with van der Waals surface area (Å²) >= 11 is 0. The Labute approximate surface area is 61.1 Å². The van der Waals surface area contributed by atoms with Crippen LogP contribution in [-0.4, -0.2) is 24.9 Å². The summed E-state index contributed by atoms with van der Waals surface area (Å²) in [5, 5.41) is 4.18. The molecule has 0 aliphatic heterocycles. The first-order valence-corrected chi connectivity index (χ1v) is 3.39. The maximum atomic E-state index is 10.1. The second-order valence-corrected chi connectivity index (χ2v) is 2.08. The average Bonchev–Trinajstić information content (AvgIpc) is 1.99. The first kappa shape index (κ1) is 9.36. The molecule has 0 bridgehead atoms. The molecule has 1 unspecified atom stereocenters. The van der Waals surface area contributed by atoms with E-state index >= 15 is 0 Å². The molecule has 1 atom stereocenters. The van der Waals surface area contributed by atoms with E-state index in [2.05, 4.69) is 5.29 Å². The van der Waals surface area contributed by atoms with E-state index in [1.807, 2.05) is 6.92 Å². The summed E-state index contributed by atoms with van der Waals surface area (Å²) in [5.41, 5.74) is 0. The molecule has 0 rings (SSSR count). The van der Waals surface area contributed by atoms with Gasteiger partial charge in [-0.15, -0.1) is 4.91 Å². The minimum Gasteiger partial charge on any atom is -0.360 e. The van der Waals surface area contributed by atoms with E-state index in [-0.39, 0.29) is 6.23 Å². The second-order valence-electron chi connectivity index (χ2n) is 2.08. The Bertz CT molecular complexity index is 97.7. The van der Waals surface area contributed by atoms with Crippen LogP contribution in [0.1, 0.15) is 20.3 Å². The predicted molar refractivity (Wildman–Crippen MR) is 39.3 cm³/mol. The summed E-state index contributed by atoms with van der Waals surface area (Å²) in [5.74, 6) is 0. The third-order valence-electron chi connectivity index (χ3n) is 1.32. The maximum Gasteiger partial charge on any atom is 0.145 e. The molecular weight excluding hydrogens is 132 g/mol. The lowest BCUT2D eigenvalue weighted by Gasteiger charge is -2.20. The van der Waals surface area contributed by atoms with Gasteiger partial charge in [0.05, 0.1) is 5.29 Å². The summed E-state index contributed by atoms with van der Waals surface area (Å²) in [7, 11) is 1.55. The van der Waals surface area contributed by atoms with Crippen molar-refractivity contribution in [3.63, 3.8) is 0 Å². The van der Waals surface area contributed by atoms with Crippen molar-refractivity contribution in [3.8, 4) is 0 Å². The fourth-order valence-electron chi connectivity index (χ4n) is 0.640. The SMILES string of the molecule is CCCN(N=O)C(C)OC. The van der Waals surface area contributed by atoms with Gasteiger partial charge in [-0.2, -0.15) is 0 Å². The summed E-state index contributed by atoms with van der Waals surface area (Å²) < 4.78 is 4.89. The van der Waals surface area contributed by atoms with Gasteiger partial charge in [0.25, 0.3) is 0 Å². The average molecular weight is 146 g/mol. The van der Waals surface area contributed by atoms with Gasteiger partial charge >= 0.3 is 0 Å². The fraction of sp³-hybridized carbons (Fsp3) is 1.00. The number of nitrogens with zero attached hydrogens (tertiary/aromatic N) is 2. The van der Waals surface area contributed by atoms with Crippen LogP contribution in [0.25, 0.3) is 0 Å². The number of rotatable bonds is 5. The van der Waals surface area contributed by atoms with Gasteiger partial charge in [0, 0.05) is 13.7 Å². The summed E-state index contributed by atoms with van der Waals surface area (Å²) in [6.07, 6.45) is 0.692. The smallest absolute Gasteiger partial charge is 0.145 e. The van der Waals surface area contributed by atoms with E-state index in [0.717, 1.165) is 6.42 Å². The highest BCUT2D eigenvalue weighted by Crippen LogP contribution is 2.00. The third-order valence-corrected chi connectivity index (χ3v) is 1.32. The lowest BCUT2D eigenvalue weighted by molar-refractivity contribution is -0.0188. The molecule has 4 nitrogen and oxygen atoms in total. The molecule has 0 saturated carbocycles. The zero-order valence-electron chi connectivity index (χ0n) is 6.70. The van der Waals surface area contributed by atoms with Crippen LogP contribution in [0.3, 0.4) is 0 Å². The first-order chi connectivity index (χ1) is 4.76. The molecule has 0 aromatic rings. The van der Waals surface area contributed by atoms with Crippen LogP contribution >= 0.6 is 0 Å². The van der Waals surface area contributed by atoms with Gasteiger partial charge in [0.1, 0.15) is 6.23 Å². The molecule has 0 aromatic carbocycles. The van der Waals surface area contributed by atoms with Crippen molar-refractivity contribution < 1.29 is 4.74 Å². The molecule has 0 heterocycles. The van der Waals surface area contributed by atoms with Crippen molar-refractivity contribution >= 4 is 0 Å². The molecule has 4 heteroatoms. The van der Waals surface area contributed by atoms with Gasteiger partial charge in [-0.05, 0) is 13.3 Å². The monoisotopic (exact) mass is 146 g/mol. The van der Waals surface area contributed by atoms with Crippen LogP contribution in [0.15, 0.2) is 5.29 Å². The molecule has 60 valence electrons. The molecule has 0 aromatic heterocycles. The van der Waals surface area contributed by atoms with Crippen molar-refractivity contribution in [3.05, 3.63) is 4.91 Å². The molecule has 0 aliphatic rings. The Hall–Kier alpha value is -0.640. The molecule has 0 N–H and O–H groups in total. The summed E-state index contributed by atoms with van der Waals surface area (Å²) in [6, 6.07) is 0. The predicted octanol–water partition coefficient (Wildman–Crippen LogP) is 1.37. The van der Waals surface area contributed by atoms with Gasteiger partial charge < -0.3 is 4.74 Å². The van der Waals surface area contributed by atoms with Crippen LogP contribution in [0, 0.1) is 4.91 Å². The minimum absolute atomic E-state index is 0.211. The van der Waals surface area contributed by atoms with Crippen molar-refractivity contribution in [2.24, 2.45) is 5.29 Å². The van der Waals surface area contributed by atoms with E-state index in [1.54, 1.807) is 14.0 Å². The van der Waals surface area contributed by atoms with Gasteiger partial charge in [-0.25, -0.2) is 5.01 Å². The van der Waals surface area contributed by atoms with Crippen molar-refractivity contribution in [1.29, 1.82) is 0 Å². The van der Waals surface area contributed by atoms with Crippen molar-refractivity contribution in [2.45, 2.75) is 26.5 Å². The van der Waals surface area contributed by atoms with Crippen molar-refractivity contribution in [2.75, 3.05) is 13.7 Å². The van der Waals surface area contributed by atoms with Crippen LogP contribution < -0.4 is 0 Å². The van der Waals surface area contributed by atoms with E-state index in [9.17, 15) is 4.91 Å². The molecule has 0 amide bonds. The van der Waals surface area contributed by atoms with E-state index in [0.29, 0.717) is 6.54 Å². The van der Waals surface area contributed by atoms with Crippen LogP contribution in [0.4, 0.5) is 0 Å². The zero-order valence-corrected chi connectivity index (χ0v) is 6.70. The maximum absolute atomic E-state index is 10.1. The second kappa shape index (κ2) is 5.17. The molecule has 0 fully saturated rings. The van der Waals surface area contributed by atoms with Gasteiger partial charge in [-0.3, -0.25) is 0 Å². The standard InChI is InChI=1S/C6H14N2O2/c1-4-5-8(7-9)6(2)10-3/h6H,4-5H2,1-3H3. The lowest BCUT2D eigenvalue weighted by atomic mass is 10.4. The molecule has 10 heavy (non-hydrogen) atoms. The summed E-state index contributed by atoms with van der Waals surface area (Å²) in [4.78, 5) is 10.1. The number of ether oxygens (including phenoxy) is 1. The molecule has 0 aliphatic carbocycles. The molecular formula is C6H14N2O2. The zero-order chi connectivity index (χ0) is 7.98. The fourth-order valence-corrected chi connectivity index (χ4v) is 0.640. The van der Waals surface area contributed by atoms with Crippen molar-refractivity contribution in [1.82, 2.24) is 5.01 Å². The van der Waals surface area contributed by atoms with Gasteiger partial charge in [-0.1, -0.05) is 6.92 Å². The first-order valence-electron chi connectivity index (χ1n) is 3.39. The number of methoxy groups -OCH3 is 1. The van der Waals surface area contributed by atoms with Gasteiger partial charge in [0.15, 0.2) is 0 Å². The lowest BCUT2D eigenvalue weighted by Crippen LogP contribution is -2.29. The van der Waals surface area contributed by atoms with Crippen LogP contribution in [0.2, 0.25) is 0 Å². The largest absolute Gasteiger partial charge is 0.360 e. The molecule has 0 spiro atoms. The van der Waals surface area contributed by atoms with E-state index in [4.69, 9.17) is 4.74 Å². The van der Waals surface area contributed by atoms with Crippen LogP contribution in [0.5, 0.6) is 0 Å². The Morgan fingerprint density at radius 3 is 2.60 bits per heavy atom. The Morgan fingerprint density at radius 1 is 1.70 bits per heavy atom. The molecule has 0 saturated heterocycles. The highest BCUT2D eigenvalue weighted by molar-refractivity contribution is 4.50. The van der Waals surface area contributed by atoms with Gasteiger partial charge in [0.2, 0.25) is 0 Å². The third kappa shape index (κ3) is 2.77. The minimum atomic E-state index is -0.211. The normalized spacial score (nSPS) is 12.7. The summed E-state index contributed by atoms with van der Waals surface area (Å²) in [6.45, 7) is 4.43. The van der Waals surface area contributed by atoms with E-state index < -0.39 is 0 Å². The Kier molecular flexibility index (Phi) is 4.84. The Morgan fingerprint density at radius 2 is 2.30 bits per heavy atom. The molecule has 0 radical (unpaired) electrons. The topological polar surface area (TPSA) is 41.9 Å². The highest BCUT2D eigenvalue weighted by Gasteiger charge is 2.08. The Balaban J connectivity index is 3.67. The number of nitroso groups, excluding NO2 is 1. The number of hydrogen-bond acceptors (Lipinski definition) is 3. The van der Waals surface area contributed by atoms with E-state index in [1.165, 1.54) is 5.01 Å². The highest BCUT2D eigenvalue weighted by atomic mass is 16.5.